The Morgan fingerprint density at radius 2 is 1.65 bits per heavy atom. The standard InChI is InChI=1S/C18H23NO3S/c1-18(2,3)19(4)23(20,21)17-12-8-9-15(13-17)14-22-16-10-6-5-7-11-16/h5-13H,14H2,1-4H3. The maximum absolute atomic E-state index is 12.7. The van der Waals surface area contributed by atoms with Gasteiger partial charge in [0.2, 0.25) is 10.0 Å². The van der Waals surface area contributed by atoms with Crippen molar-refractivity contribution in [3.05, 3.63) is 60.2 Å². The molecule has 4 nitrogen and oxygen atoms in total. The summed E-state index contributed by atoms with van der Waals surface area (Å²) in [4.78, 5) is 0.282. The van der Waals surface area contributed by atoms with Gasteiger partial charge in [-0.1, -0.05) is 30.3 Å². The number of ether oxygens (including phenoxy) is 1. The number of nitrogens with zero attached hydrogens (tertiary/aromatic N) is 1. The topological polar surface area (TPSA) is 46.6 Å². The average Bonchev–Trinajstić information content (AvgIpc) is 2.52. The van der Waals surface area contributed by atoms with Gasteiger partial charge in [-0.15, -0.1) is 0 Å². The molecule has 0 amide bonds. The molecule has 0 spiro atoms. The predicted octanol–water partition coefficient (Wildman–Crippen LogP) is 3.68. The number of para-hydroxylation sites is 1. The molecule has 0 radical (unpaired) electrons. The van der Waals surface area contributed by atoms with Crippen molar-refractivity contribution >= 4 is 10.0 Å². The molecule has 0 fully saturated rings. The van der Waals surface area contributed by atoms with Crippen LogP contribution in [0.2, 0.25) is 0 Å². The van der Waals surface area contributed by atoms with Crippen LogP contribution in [-0.4, -0.2) is 25.3 Å². The summed E-state index contributed by atoms with van der Waals surface area (Å²) in [6.07, 6.45) is 0. The Kier molecular flexibility index (Phi) is 5.12. The van der Waals surface area contributed by atoms with E-state index in [1.54, 1.807) is 25.2 Å². The zero-order valence-corrected chi connectivity index (χ0v) is 14.8. The van der Waals surface area contributed by atoms with Crippen molar-refractivity contribution in [1.29, 1.82) is 0 Å². The van der Waals surface area contributed by atoms with E-state index in [1.807, 2.05) is 57.2 Å². The summed E-state index contributed by atoms with van der Waals surface area (Å²) in [6.45, 7) is 5.93. The van der Waals surface area contributed by atoms with Gasteiger partial charge >= 0.3 is 0 Å². The molecule has 2 aromatic carbocycles. The van der Waals surface area contributed by atoms with Crippen LogP contribution in [0.4, 0.5) is 0 Å². The first-order chi connectivity index (χ1) is 10.7. The van der Waals surface area contributed by atoms with Crippen molar-refractivity contribution in [2.24, 2.45) is 0 Å². The molecule has 0 heterocycles. The van der Waals surface area contributed by atoms with E-state index in [0.717, 1.165) is 11.3 Å². The zero-order chi connectivity index (χ0) is 17.1. The summed E-state index contributed by atoms with van der Waals surface area (Å²) in [5.74, 6) is 0.757. The third kappa shape index (κ3) is 4.33. The van der Waals surface area contributed by atoms with Gasteiger partial charge in [-0.05, 0) is 50.6 Å². The largest absolute Gasteiger partial charge is 0.489 e. The van der Waals surface area contributed by atoms with Gasteiger partial charge in [-0.3, -0.25) is 0 Å². The molecule has 23 heavy (non-hydrogen) atoms. The maximum Gasteiger partial charge on any atom is 0.243 e. The van der Waals surface area contributed by atoms with Crippen LogP contribution in [0.25, 0.3) is 0 Å². The van der Waals surface area contributed by atoms with Gasteiger partial charge in [-0.2, -0.15) is 4.31 Å². The molecular formula is C18H23NO3S. The first-order valence-corrected chi connectivity index (χ1v) is 8.91. The molecule has 124 valence electrons. The van der Waals surface area contributed by atoms with Crippen LogP contribution in [0.5, 0.6) is 5.75 Å². The van der Waals surface area contributed by atoms with E-state index >= 15 is 0 Å². The van der Waals surface area contributed by atoms with Crippen LogP contribution in [0, 0.1) is 0 Å². The first kappa shape index (κ1) is 17.5. The fourth-order valence-electron chi connectivity index (χ4n) is 2.00. The van der Waals surface area contributed by atoms with Crippen LogP contribution < -0.4 is 4.74 Å². The van der Waals surface area contributed by atoms with Gasteiger partial charge in [0.05, 0.1) is 4.90 Å². The van der Waals surface area contributed by atoms with Gasteiger partial charge < -0.3 is 4.74 Å². The summed E-state index contributed by atoms with van der Waals surface area (Å²) in [6, 6.07) is 16.3. The summed E-state index contributed by atoms with van der Waals surface area (Å²) in [5.41, 5.74) is 0.340. The number of sulfonamides is 1. The lowest BCUT2D eigenvalue weighted by Crippen LogP contribution is -2.42. The normalized spacial score (nSPS) is 12.4. The van der Waals surface area contributed by atoms with E-state index in [-0.39, 0.29) is 4.90 Å². The molecule has 0 aliphatic heterocycles. The average molecular weight is 333 g/mol. The number of rotatable bonds is 5. The van der Waals surface area contributed by atoms with Gasteiger partial charge in [0.15, 0.2) is 0 Å². The molecule has 2 aromatic rings. The third-order valence-electron chi connectivity index (χ3n) is 3.65. The van der Waals surface area contributed by atoms with E-state index in [0.29, 0.717) is 6.61 Å². The fraction of sp³-hybridized carbons (Fsp3) is 0.333. The van der Waals surface area contributed by atoms with Gasteiger partial charge in [0.25, 0.3) is 0 Å². The Morgan fingerprint density at radius 1 is 1.00 bits per heavy atom. The minimum atomic E-state index is -3.52. The molecule has 0 atom stereocenters. The monoisotopic (exact) mass is 333 g/mol. The SMILES string of the molecule is CN(C(C)(C)C)S(=O)(=O)c1cccc(COc2ccccc2)c1. The lowest BCUT2D eigenvalue weighted by molar-refractivity contribution is 0.291. The van der Waals surface area contributed by atoms with Gasteiger partial charge in [0.1, 0.15) is 12.4 Å². The smallest absolute Gasteiger partial charge is 0.243 e. The van der Waals surface area contributed by atoms with Crippen molar-refractivity contribution in [3.8, 4) is 5.75 Å². The molecule has 0 saturated heterocycles. The van der Waals surface area contributed by atoms with Crippen LogP contribution in [0.15, 0.2) is 59.5 Å². The highest BCUT2D eigenvalue weighted by Crippen LogP contribution is 2.23. The first-order valence-electron chi connectivity index (χ1n) is 7.47. The Bertz CT molecular complexity index is 749. The second kappa shape index (κ2) is 6.72. The third-order valence-corrected chi connectivity index (χ3v) is 5.77. The van der Waals surface area contributed by atoms with Crippen molar-refractivity contribution in [2.75, 3.05) is 7.05 Å². The summed E-state index contributed by atoms with van der Waals surface area (Å²) in [7, 11) is -1.92. The Labute approximate surface area is 138 Å². The van der Waals surface area contributed by atoms with Crippen molar-refractivity contribution in [1.82, 2.24) is 4.31 Å². The lowest BCUT2D eigenvalue weighted by atomic mass is 10.1. The molecule has 5 heteroatoms. The second-order valence-corrected chi connectivity index (χ2v) is 8.36. The van der Waals surface area contributed by atoms with E-state index < -0.39 is 15.6 Å². The molecule has 0 aliphatic carbocycles. The van der Waals surface area contributed by atoms with E-state index in [4.69, 9.17) is 4.74 Å². The van der Waals surface area contributed by atoms with E-state index in [9.17, 15) is 8.42 Å². The quantitative estimate of drug-likeness (QED) is 0.838. The number of benzene rings is 2. The highest BCUT2D eigenvalue weighted by molar-refractivity contribution is 7.89. The van der Waals surface area contributed by atoms with Gasteiger partial charge in [-0.25, -0.2) is 8.42 Å². The van der Waals surface area contributed by atoms with Crippen LogP contribution in [0.1, 0.15) is 26.3 Å². The van der Waals surface area contributed by atoms with Crippen molar-refractivity contribution in [3.63, 3.8) is 0 Å². The summed E-state index contributed by atoms with van der Waals surface area (Å²) >= 11 is 0. The number of hydrogen-bond acceptors (Lipinski definition) is 3. The molecule has 2 rings (SSSR count). The molecular weight excluding hydrogens is 310 g/mol. The Morgan fingerprint density at radius 3 is 2.26 bits per heavy atom. The Balaban J connectivity index is 2.20. The second-order valence-electron chi connectivity index (χ2n) is 6.39. The zero-order valence-electron chi connectivity index (χ0n) is 14.0. The van der Waals surface area contributed by atoms with Gasteiger partial charge in [0, 0.05) is 12.6 Å². The van der Waals surface area contributed by atoms with Crippen molar-refractivity contribution < 1.29 is 13.2 Å². The summed E-state index contributed by atoms with van der Waals surface area (Å²) in [5, 5.41) is 0. The molecule has 0 N–H and O–H groups in total. The molecule has 0 saturated carbocycles. The minimum absolute atomic E-state index is 0.282. The van der Waals surface area contributed by atoms with Crippen LogP contribution in [0.3, 0.4) is 0 Å². The molecule has 0 aliphatic rings. The van der Waals surface area contributed by atoms with Crippen molar-refractivity contribution in [2.45, 2.75) is 37.8 Å². The molecule has 0 aromatic heterocycles. The number of hydrogen-bond donors (Lipinski definition) is 0. The van der Waals surface area contributed by atoms with E-state index in [2.05, 4.69) is 0 Å². The summed E-state index contributed by atoms with van der Waals surface area (Å²) < 4.78 is 32.4. The van der Waals surface area contributed by atoms with Crippen LogP contribution in [-0.2, 0) is 16.6 Å². The highest BCUT2D eigenvalue weighted by atomic mass is 32.2. The molecule has 0 unspecified atom stereocenters. The fourth-order valence-corrected chi connectivity index (χ4v) is 3.59. The maximum atomic E-state index is 12.7. The predicted molar refractivity (Wildman–Crippen MR) is 91.9 cm³/mol. The minimum Gasteiger partial charge on any atom is -0.489 e. The highest BCUT2D eigenvalue weighted by Gasteiger charge is 2.30. The van der Waals surface area contributed by atoms with E-state index in [1.165, 1.54) is 4.31 Å². The lowest BCUT2D eigenvalue weighted by Gasteiger charge is -2.31. The molecule has 0 bridgehead atoms. The Hall–Kier alpha value is -1.85. The van der Waals surface area contributed by atoms with Crippen LogP contribution >= 0.6 is 0 Å².